The summed E-state index contributed by atoms with van der Waals surface area (Å²) in [5.41, 5.74) is 2.96. The maximum atomic E-state index is 12.3. The maximum Gasteiger partial charge on any atom is 0.216 e. The van der Waals surface area contributed by atoms with Crippen LogP contribution in [0.3, 0.4) is 0 Å². The minimum atomic E-state index is -3.35. The zero-order chi connectivity index (χ0) is 15.3. The molecule has 0 aliphatic heterocycles. The molecule has 0 amide bonds. The fraction of sp³-hybridized carbons (Fsp3) is 0.294. The molecule has 3 nitrogen and oxygen atoms in total. The Labute approximate surface area is 127 Å². The molecule has 0 spiro atoms. The van der Waals surface area contributed by atoms with Gasteiger partial charge in [-0.15, -0.1) is 0 Å². The van der Waals surface area contributed by atoms with Crippen molar-refractivity contribution in [3.63, 3.8) is 0 Å². The molecule has 1 N–H and O–H groups in total. The van der Waals surface area contributed by atoms with Crippen molar-refractivity contribution in [1.29, 1.82) is 0 Å². The van der Waals surface area contributed by atoms with Gasteiger partial charge in [-0.25, -0.2) is 13.1 Å². The van der Waals surface area contributed by atoms with Crippen LogP contribution in [0.2, 0.25) is 0 Å². The quantitative estimate of drug-likeness (QED) is 0.887. The predicted molar refractivity (Wildman–Crippen MR) is 86.4 cm³/mol. The number of sulfonamides is 1. The van der Waals surface area contributed by atoms with Crippen molar-refractivity contribution in [3.8, 4) is 0 Å². The van der Waals surface area contributed by atoms with Crippen LogP contribution in [0.15, 0.2) is 54.6 Å². The first-order valence-electron chi connectivity index (χ1n) is 7.10. The van der Waals surface area contributed by atoms with Gasteiger partial charge in [-0.05, 0) is 24.5 Å². The van der Waals surface area contributed by atoms with Gasteiger partial charge < -0.3 is 0 Å². The van der Waals surface area contributed by atoms with Gasteiger partial charge in [-0.1, -0.05) is 67.1 Å². The first-order valence-corrected chi connectivity index (χ1v) is 8.76. The van der Waals surface area contributed by atoms with E-state index in [0.717, 1.165) is 17.5 Å². The Morgan fingerprint density at radius 3 is 2.19 bits per heavy atom. The molecule has 0 radical (unpaired) electrons. The van der Waals surface area contributed by atoms with E-state index in [2.05, 4.69) is 4.72 Å². The highest BCUT2D eigenvalue weighted by Gasteiger charge is 2.18. The van der Waals surface area contributed by atoms with Gasteiger partial charge in [0, 0.05) is 6.04 Å². The van der Waals surface area contributed by atoms with Gasteiger partial charge in [0.25, 0.3) is 0 Å². The van der Waals surface area contributed by atoms with Crippen LogP contribution in [0.1, 0.15) is 36.1 Å². The summed E-state index contributed by atoms with van der Waals surface area (Å²) < 4.78 is 27.4. The Morgan fingerprint density at radius 1 is 1.00 bits per heavy atom. The van der Waals surface area contributed by atoms with Crippen molar-refractivity contribution in [1.82, 2.24) is 4.72 Å². The molecule has 0 bridgehead atoms. The number of rotatable bonds is 6. The third kappa shape index (κ3) is 4.69. The van der Waals surface area contributed by atoms with E-state index in [4.69, 9.17) is 0 Å². The normalized spacial score (nSPS) is 13.0. The molecule has 0 aliphatic carbocycles. The van der Waals surface area contributed by atoms with Crippen LogP contribution in [0, 0.1) is 6.92 Å². The zero-order valence-electron chi connectivity index (χ0n) is 12.4. The number of aryl methyl sites for hydroxylation is 1. The Morgan fingerprint density at radius 2 is 1.62 bits per heavy atom. The van der Waals surface area contributed by atoms with E-state index in [1.807, 2.05) is 68.4 Å². The summed E-state index contributed by atoms with van der Waals surface area (Å²) in [6.45, 7) is 4.00. The first-order chi connectivity index (χ1) is 10.00. The first kappa shape index (κ1) is 15.7. The topological polar surface area (TPSA) is 46.2 Å². The summed E-state index contributed by atoms with van der Waals surface area (Å²) in [6.07, 6.45) is 0.719. The van der Waals surface area contributed by atoms with Crippen molar-refractivity contribution in [2.75, 3.05) is 0 Å². The average molecular weight is 303 g/mol. The van der Waals surface area contributed by atoms with Crippen molar-refractivity contribution >= 4 is 10.0 Å². The van der Waals surface area contributed by atoms with Gasteiger partial charge in [-0.2, -0.15) is 0 Å². The Hall–Kier alpha value is -1.65. The number of nitrogens with one attached hydrogen (secondary N) is 1. The second-order valence-corrected chi connectivity index (χ2v) is 6.99. The molecule has 1 atom stereocenters. The van der Waals surface area contributed by atoms with Crippen molar-refractivity contribution < 1.29 is 8.42 Å². The number of hydrogen-bond acceptors (Lipinski definition) is 2. The highest BCUT2D eigenvalue weighted by Crippen LogP contribution is 2.19. The average Bonchev–Trinajstić information content (AvgIpc) is 2.46. The minimum absolute atomic E-state index is 0.0101. The molecule has 4 heteroatoms. The van der Waals surface area contributed by atoms with Crippen LogP contribution in [-0.4, -0.2) is 8.42 Å². The van der Waals surface area contributed by atoms with Crippen LogP contribution >= 0.6 is 0 Å². The lowest BCUT2D eigenvalue weighted by Gasteiger charge is -2.18. The van der Waals surface area contributed by atoms with Crippen LogP contribution in [0.4, 0.5) is 0 Å². The zero-order valence-corrected chi connectivity index (χ0v) is 13.2. The third-order valence-electron chi connectivity index (χ3n) is 3.41. The van der Waals surface area contributed by atoms with E-state index in [1.54, 1.807) is 0 Å². The van der Waals surface area contributed by atoms with Gasteiger partial charge in [0.2, 0.25) is 10.0 Å². The molecule has 0 aromatic heterocycles. The van der Waals surface area contributed by atoms with Gasteiger partial charge in [-0.3, -0.25) is 0 Å². The molecule has 0 unspecified atom stereocenters. The Kier molecular flexibility index (Phi) is 5.15. The molecule has 2 rings (SSSR count). The number of benzene rings is 2. The molecule has 112 valence electrons. The second kappa shape index (κ2) is 6.87. The van der Waals surface area contributed by atoms with Crippen molar-refractivity contribution in [3.05, 3.63) is 71.3 Å². The van der Waals surface area contributed by atoms with E-state index in [-0.39, 0.29) is 11.8 Å². The fourth-order valence-electron chi connectivity index (χ4n) is 2.24. The summed E-state index contributed by atoms with van der Waals surface area (Å²) in [5.74, 6) is 0.0101. The molecule has 2 aromatic carbocycles. The molecule has 0 fully saturated rings. The largest absolute Gasteiger partial charge is 0.216 e. The van der Waals surface area contributed by atoms with Crippen LogP contribution in [0.25, 0.3) is 0 Å². The lowest BCUT2D eigenvalue weighted by Crippen LogP contribution is -2.29. The van der Waals surface area contributed by atoms with E-state index in [0.29, 0.717) is 0 Å². The molecule has 2 aromatic rings. The molecular weight excluding hydrogens is 282 g/mol. The van der Waals surface area contributed by atoms with Gasteiger partial charge >= 0.3 is 0 Å². The highest BCUT2D eigenvalue weighted by molar-refractivity contribution is 7.88. The van der Waals surface area contributed by atoms with E-state index >= 15 is 0 Å². The van der Waals surface area contributed by atoms with Crippen LogP contribution < -0.4 is 4.72 Å². The summed E-state index contributed by atoms with van der Waals surface area (Å²) in [6, 6.07) is 17.0. The second-order valence-electron chi connectivity index (χ2n) is 5.23. The Bertz CT molecular complexity index is 664. The van der Waals surface area contributed by atoms with E-state index < -0.39 is 10.0 Å². The fourth-order valence-corrected chi connectivity index (χ4v) is 3.69. The Balaban J connectivity index is 2.12. The number of hydrogen-bond donors (Lipinski definition) is 1. The molecule has 0 saturated heterocycles. The van der Waals surface area contributed by atoms with E-state index in [1.165, 1.54) is 5.56 Å². The van der Waals surface area contributed by atoms with Gasteiger partial charge in [0.05, 0.1) is 5.75 Å². The van der Waals surface area contributed by atoms with Gasteiger partial charge in [0.15, 0.2) is 0 Å². The summed E-state index contributed by atoms with van der Waals surface area (Å²) in [7, 11) is -3.35. The van der Waals surface area contributed by atoms with Crippen molar-refractivity contribution in [2.24, 2.45) is 0 Å². The van der Waals surface area contributed by atoms with Crippen LogP contribution in [0.5, 0.6) is 0 Å². The molecule has 0 saturated carbocycles. The molecule has 0 aliphatic rings. The summed E-state index contributed by atoms with van der Waals surface area (Å²) >= 11 is 0. The lowest BCUT2D eigenvalue weighted by atomic mass is 10.0. The summed E-state index contributed by atoms with van der Waals surface area (Å²) in [4.78, 5) is 0. The van der Waals surface area contributed by atoms with Gasteiger partial charge in [0.1, 0.15) is 0 Å². The molecule has 0 heterocycles. The van der Waals surface area contributed by atoms with E-state index in [9.17, 15) is 8.42 Å². The monoisotopic (exact) mass is 303 g/mol. The lowest BCUT2D eigenvalue weighted by molar-refractivity contribution is 0.549. The maximum absolute atomic E-state index is 12.3. The smallest absolute Gasteiger partial charge is 0.212 e. The highest BCUT2D eigenvalue weighted by atomic mass is 32.2. The SMILES string of the molecule is CC[C@@H](NS(=O)(=O)Cc1ccccc1)c1ccc(C)cc1. The van der Waals surface area contributed by atoms with Crippen molar-refractivity contribution in [2.45, 2.75) is 32.1 Å². The molecule has 21 heavy (non-hydrogen) atoms. The molecular formula is C17H21NO2S. The third-order valence-corrected chi connectivity index (χ3v) is 4.77. The standard InChI is InChI=1S/C17H21NO2S/c1-3-17(16-11-9-14(2)10-12-16)18-21(19,20)13-15-7-5-4-6-8-15/h4-12,17-18H,3,13H2,1-2H3/t17-/m1/s1. The van der Waals surface area contributed by atoms with Crippen LogP contribution in [-0.2, 0) is 15.8 Å². The minimum Gasteiger partial charge on any atom is -0.212 e. The predicted octanol–water partition coefficient (Wildman–Crippen LogP) is 3.57. The summed E-state index contributed by atoms with van der Waals surface area (Å²) in [5, 5.41) is 0.